The number of nitrogens with zero attached hydrogens (tertiary/aromatic N) is 2. The fraction of sp³-hybridized carbons (Fsp3) is 0.421. The van der Waals surface area contributed by atoms with Gasteiger partial charge in [0.2, 0.25) is 0 Å². The van der Waals surface area contributed by atoms with E-state index >= 15 is 0 Å². The van der Waals surface area contributed by atoms with Crippen molar-refractivity contribution in [1.82, 2.24) is 15.4 Å². The van der Waals surface area contributed by atoms with Gasteiger partial charge in [-0.1, -0.05) is 18.7 Å². The van der Waals surface area contributed by atoms with Crippen molar-refractivity contribution in [2.24, 2.45) is 0 Å². The zero-order chi connectivity index (χ0) is 19.8. The lowest BCUT2D eigenvalue weighted by molar-refractivity contribution is -0.116. The third-order valence-corrected chi connectivity index (χ3v) is 4.18. The maximum atomic E-state index is 12.5. The molecule has 146 valence electrons. The van der Waals surface area contributed by atoms with Crippen molar-refractivity contribution in [3.63, 3.8) is 0 Å². The number of aromatic nitrogens is 1. The number of anilines is 1. The number of hydroxylamine groups is 2. The molecule has 1 aliphatic heterocycles. The van der Waals surface area contributed by atoms with E-state index in [1.165, 1.54) is 19.3 Å². The molecule has 8 nitrogen and oxygen atoms in total. The maximum absolute atomic E-state index is 12.5. The van der Waals surface area contributed by atoms with Crippen LogP contribution in [0.5, 0.6) is 0 Å². The molecule has 2 amide bonds. The van der Waals surface area contributed by atoms with E-state index in [1.807, 2.05) is 19.1 Å². The van der Waals surface area contributed by atoms with Crippen molar-refractivity contribution >= 4 is 23.1 Å². The van der Waals surface area contributed by atoms with E-state index in [0.717, 1.165) is 12.8 Å². The van der Waals surface area contributed by atoms with Gasteiger partial charge in [-0.25, -0.2) is 10.0 Å². The molecule has 0 saturated carbocycles. The van der Waals surface area contributed by atoms with Crippen LogP contribution in [-0.2, 0) is 9.53 Å². The first kappa shape index (κ1) is 20.6. The second-order valence-electron chi connectivity index (χ2n) is 6.22. The number of carbonyl (C=O) groups is 2. The van der Waals surface area contributed by atoms with Crippen LogP contribution in [0.25, 0.3) is 5.57 Å². The minimum absolute atomic E-state index is 0.0136. The molecular formula is C19H26N4O4. The fourth-order valence-electron chi connectivity index (χ4n) is 2.66. The van der Waals surface area contributed by atoms with Crippen LogP contribution < -0.4 is 10.6 Å². The third kappa shape index (κ3) is 5.63. The topological polar surface area (TPSA) is 104 Å². The number of allylic oxidation sites excluding steroid dienone is 1. The van der Waals surface area contributed by atoms with Crippen molar-refractivity contribution in [3.8, 4) is 0 Å². The number of hydrogen-bond acceptors (Lipinski definition) is 6. The first-order chi connectivity index (χ1) is 12.9. The third-order valence-electron chi connectivity index (χ3n) is 4.18. The number of nitrogens with one attached hydrogen (secondary N) is 2. The Balaban J connectivity index is 2.19. The molecular weight excluding hydrogens is 348 g/mol. The van der Waals surface area contributed by atoms with Crippen LogP contribution >= 0.6 is 0 Å². The van der Waals surface area contributed by atoms with Crippen molar-refractivity contribution in [2.75, 3.05) is 32.1 Å². The van der Waals surface area contributed by atoms with Crippen molar-refractivity contribution in [2.45, 2.75) is 25.9 Å². The summed E-state index contributed by atoms with van der Waals surface area (Å²) in [7, 11) is 1.21. The average Bonchev–Trinajstić information content (AvgIpc) is 3.18. The van der Waals surface area contributed by atoms with Gasteiger partial charge >= 0.3 is 0 Å². The first-order valence-electron chi connectivity index (χ1n) is 8.85. The number of carbonyl (C=O) groups excluding carboxylic acids is 2. The van der Waals surface area contributed by atoms with Gasteiger partial charge in [0.25, 0.3) is 11.8 Å². The highest BCUT2D eigenvalue weighted by Crippen LogP contribution is 2.24. The first-order valence-corrected chi connectivity index (χ1v) is 8.85. The van der Waals surface area contributed by atoms with Crippen LogP contribution in [0.15, 0.2) is 31.0 Å². The largest absolute Gasteiger partial charge is 0.380 e. The highest BCUT2D eigenvalue weighted by Gasteiger charge is 2.21. The molecule has 8 heteroatoms. The molecule has 0 spiro atoms. The van der Waals surface area contributed by atoms with E-state index in [-0.39, 0.29) is 23.3 Å². The molecule has 1 aromatic rings. The Morgan fingerprint density at radius 1 is 1.52 bits per heavy atom. The van der Waals surface area contributed by atoms with Crippen molar-refractivity contribution in [1.29, 1.82) is 0 Å². The van der Waals surface area contributed by atoms with Crippen LogP contribution in [0.1, 0.15) is 35.8 Å². The van der Waals surface area contributed by atoms with Gasteiger partial charge in [0.15, 0.2) is 0 Å². The normalized spacial score (nSPS) is 16.3. The summed E-state index contributed by atoms with van der Waals surface area (Å²) in [6.45, 7) is 7.43. The minimum Gasteiger partial charge on any atom is -0.380 e. The minimum atomic E-state index is -0.677. The second kappa shape index (κ2) is 9.84. The predicted molar refractivity (Wildman–Crippen MR) is 102 cm³/mol. The second-order valence-corrected chi connectivity index (χ2v) is 6.22. The van der Waals surface area contributed by atoms with Crippen LogP contribution in [-0.4, -0.2) is 59.9 Å². The Hall–Kier alpha value is -2.71. The van der Waals surface area contributed by atoms with Gasteiger partial charge in [-0.15, -0.1) is 0 Å². The lowest BCUT2D eigenvalue weighted by atomic mass is 10.0. The molecule has 0 aromatic carbocycles. The number of pyridine rings is 1. The van der Waals surface area contributed by atoms with Crippen LogP contribution in [0, 0.1) is 0 Å². The summed E-state index contributed by atoms with van der Waals surface area (Å²) < 4.78 is 5.50. The molecule has 2 heterocycles. The monoisotopic (exact) mass is 374 g/mol. The zero-order valence-corrected chi connectivity index (χ0v) is 15.7. The molecule has 1 aliphatic rings. The summed E-state index contributed by atoms with van der Waals surface area (Å²) >= 11 is 0. The Kier molecular flexibility index (Phi) is 7.51. The standard InChI is InChI=1S/C19H26N4O4/c1-4-5-8-20-17-12-21-16(19(25)23(3)26)10-15(17)13(2)18(24)22-11-14-7-6-9-27-14/h4-5,10,12,14,20,26H,2,6-9,11H2,1,3H3,(H,22,24)/b5-4+/t14-/m0/s1. The lowest BCUT2D eigenvalue weighted by Gasteiger charge is -2.16. The molecule has 0 unspecified atom stereocenters. The molecule has 0 aliphatic carbocycles. The maximum Gasteiger partial charge on any atom is 0.295 e. The van der Waals surface area contributed by atoms with E-state index < -0.39 is 5.91 Å². The van der Waals surface area contributed by atoms with E-state index in [2.05, 4.69) is 22.2 Å². The summed E-state index contributed by atoms with van der Waals surface area (Å²) in [5.41, 5.74) is 1.24. The molecule has 0 bridgehead atoms. The summed E-state index contributed by atoms with van der Waals surface area (Å²) in [4.78, 5) is 28.6. The highest BCUT2D eigenvalue weighted by atomic mass is 16.5. The van der Waals surface area contributed by atoms with Crippen LogP contribution in [0.4, 0.5) is 5.69 Å². The Bertz CT molecular complexity index is 724. The van der Waals surface area contributed by atoms with Gasteiger partial charge in [0.05, 0.1) is 18.0 Å². The lowest BCUT2D eigenvalue weighted by Crippen LogP contribution is -2.32. The molecule has 1 aromatic heterocycles. The number of hydrogen-bond donors (Lipinski definition) is 3. The molecule has 0 radical (unpaired) electrons. The Morgan fingerprint density at radius 2 is 2.30 bits per heavy atom. The predicted octanol–water partition coefficient (Wildman–Crippen LogP) is 1.84. The zero-order valence-electron chi connectivity index (χ0n) is 15.7. The molecule has 1 fully saturated rings. The summed E-state index contributed by atoms with van der Waals surface area (Å²) in [5, 5.41) is 15.8. The average molecular weight is 374 g/mol. The summed E-state index contributed by atoms with van der Waals surface area (Å²) in [6.07, 6.45) is 7.18. The van der Waals surface area contributed by atoms with E-state index in [9.17, 15) is 14.8 Å². The fourth-order valence-corrected chi connectivity index (χ4v) is 2.66. The highest BCUT2D eigenvalue weighted by molar-refractivity contribution is 6.20. The van der Waals surface area contributed by atoms with Gasteiger partial charge in [0, 0.05) is 37.9 Å². The smallest absolute Gasteiger partial charge is 0.295 e. The van der Waals surface area contributed by atoms with Crippen LogP contribution in [0.3, 0.4) is 0 Å². The van der Waals surface area contributed by atoms with Crippen molar-refractivity contribution in [3.05, 3.63) is 42.3 Å². The van der Waals surface area contributed by atoms with Crippen molar-refractivity contribution < 1.29 is 19.5 Å². The number of rotatable bonds is 8. The van der Waals surface area contributed by atoms with Gasteiger partial charge in [0.1, 0.15) is 5.69 Å². The molecule has 27 heavy (non-hydrogen) atoms. The number of ether oxygens (including phenoxy) is 1. The molecule has 1 atom stereocenters. The van der Waals surface area contributed by atoms with E-state index in [0.29, 0.717) is 36.0 Å². The van der Waals surface area contributed by atoms with E-state index in [4.69, 9.17) is 4.74 Å². The van der Waals surface area contributed by atoms with Gasteiger partial charge in [-0.05, 0) is 25.8 Å². The van der Waals surface area contributed by atoms with Gasteiger partial charge in [-0.2, -0.15) is 0 Å². The molecule has 1 saturated heterocycles. The summed E-state index contributed by atoms with van der Waals surface area (Å²) in [6, 6.07) is 1.45. The van der Waals surface area contributed by atoms with Gasteiger partial charge in [-0.3, -0.25) is 14.8 Å². The number of amides is 2. The Labute approximate surface area is 158 Å². The molecule has 2 rings (SSSR count). The van der Waals surface area contributed by atoms with E-state index in [1.54, 1.807) is 0 Å². The SMILES string of the molecule is C=C(C(=O)NC[C@@H]1CCCO1)c1cc(C(=O)N(C)O)ncc1NC/C=C/C. The van der Waals surface area contributed by atoms with Crippen LogP contribution in [0.2, 0.25) is 0 Å². The molecule has 3 N–H and O–H groups in total. The van der Waals surface area contributed by atoms with Gasteiger partial charge < -0.3 is 15.4 Å². The quantitative estimate of drug-likeness (QED) is 0.278. The Morgan fingerprint density at radius 3 is 2.93 bits per heavy atom. The summed E-state index contributed by atoms with van der Waals surface area (Å²) in [5.74, 6) is -1.02.